The number of aryl methyl sites for hydroxylation is 2. The minimum atomic E-state index is -0.842. The Bertz CT molecular complexity index is 1100. The summed E-state index contributed by atoms with van der Waals surface area (Å²) < 4.78 is 5.48. The van der Waals surface area contributed by atoms with Crippen LogP contribution >= 0.6 is 11.8 Å². The van der Waals surface area contributed by atoms with E-state index in [1.807, 2.05) is 68.6 Å². The molecule has 0 saturated carbocycles. The lowest BCUT2D eigenvalue weighted by Gasteiger charge is -2.35. The first-order valence-corrected chi connectivity index (χ1v) is 15.5. The second kappa shape index (κ2) is 16.3. The molecule has 2 atom stereocenters. The molecule has 7 nitrogen and oxygen atoms in total. The molecule has 0 spiro atoms. The van der Waals surface area contributed by atoms with Crippen LogP contribution in [0, 0.1) is 13.8 Å². The Hall–Kier alpha value is -3.00. The molecule has 0 aromatic heterocycles. The average Bonchev–Trinajstić information content (AvgIpc) is 2.90. The molecule has 2 rings (SSSR count). The highest BCUT2D eigenvalue weighted by atomic mass is 32.2. The predicted molar refractivity (Wildman–Crippen MR) is 164 cm³/mol. The quantitative estimate of drug-likeness (QED) is 0.260. The molecule has 2 unspecified atom stereocenters. The van der Waals surface area contributed by atoms with E-state index in [1.54, 1.807) is 37.4 Å². The van der Waals surface area contributed by atoms with Gasteiger partial charge in [0.15, 0.2) is 0 Å². The van der Waals surface area contributed by atoms with Gasteiger partial charge in [-0.15, -0.1) is 0 Å². The molecule has 0 aliphatic heterocycles. The molecule has 2 aromatic carbocycles. The summed E-state index contributed by atoms with van der Waals surface area (Å²) in [6.45, 7) is 12.2. The van der Waals surface area contributed by atoms with Gasteiger partial charge in [0.1, 0.15) is 17.7 Å². The monoisotopic (exact) mass is 569 g/mol. The molecule has 0 fully saturated rings. The smallest absolute Gasteiger partial charge is 0.408 e. The van der Waals surface area contributed by atoms with E-state index in [0.717, 1.165) is 41.5 Å². The Balaban J connectivity index is 2.51. The van der Waals surface area contributed by atoms with Crippen LogP contribution in [0.2, 0.25) is 0 Å². The third kappa shape index (κ3) is 10.9. The van der Waals surface area contributed by atoms with Crippen molar-refractivity contribution < 1.29 is 19.1 Å². The third-order valence-electron chi connectivity index (χ3n) is 6.48. The number of hydrogen-bond donors (Lipinski definition) is 2. The van der Waals surface area contributed by atoms with Crippen molar-refractivity contribution in [1.82, 2.24) is 15.5 Å². The van der Waals surface area contributed by atoms with Crippen LogP contribution in [-0.2, 0) is 20.9 Å². The zero-order valence-corrected chi connectivity index (χ0v) is 26.0. The molecule has 8 heteroatoms. The maximum absolute atomic E-state index is 14.3. The first-order valence-electron chi connectivity index (χ1n) is 14.1. The van der Waals surface area contributed by atoms with Gasteiger partial charge in [0.05, 0.1) is 0 Å². The van der Waals surface area contributed by atoms with Gasteiger partial charge in [-0.1, -0.05) is 73.9 Å². The first-order chi connectivity index (χ1) is 19.0. The summed E-state index contributed by atoms with van der Waals surface area (Å²) >= 11 is 1.60. The molecular formula is C32H47N3O4S. The molecule has 0 bridgehead atoms. The summed E-state index contributed by atoms with van der Waals surface area (Å²) in [5.41, 5.74) is 3.00. The fourth-order valence-corrected chi connectivity index (χ4v) is 4.90. The highest BCUT2D eigenvalue weighted by Gasteiger charge is 2.36. The van der Waals surface area contributed by atoms with E-state index in [-0.39, 0.29) is 11.8 Å². The maximum Gasteiger partial charge on any atom is 0.408 e. The second-order valence-corrected chi connectivity index (χ2v) is 12.2. The number of ether oxygens (including phenoxy) is 1. The average molecular weight is 570 g/mol. The van der Waals surface area contributed by atoms with Gasteiger partial charge in [-0.3, -0.25) is 9.59 Å². The van der Waals surface area contributed by atoms with E-state index in [9.17, 15) is 14.4 Å². The van der Waals surface area contributed by atoms with Crippen LogP contribution in [0.15, 0.2) is 48.5 Å². The van der Waals surface area contributed by atoms with Gasteiger partial charge in [0, 0.05) is 13.1 Å². The highest BCUT2D eigenvalue weighted by molar-refractivity contribution is 7.98. The summed E-state index contributed by atoms with van der Waals surface area (Å²) in [7, 11) is 0. The molecule has 0 heterocycles. The van der Waals surface area contributed by atoms with Gasteiger partial charge in [-0.05, 0) is 76.2 Å². The van der Waals surface area contributed by atoms with Gasteiger partial charge in [0.2, 0.25) is 11.8 Å². The van der Waals surface area contributed by atoms with E-state index < -0.39 is 23.8 Å². The van der Waals surface area contributed by atoms with Crippen molar-refractivity contribution >= 4 is 29.7 Å². The van der Waals surface area contributed by atoms with Crippen molar-refractivity contribution in [1.29, 1.82) is 0 Å². The number of nitrogens with one attached hydrogen (secondary N) is 2. The minimum Gasteiger partial charge on any atom is -0.444 e. The summed E-state index contributed by atoms with van der Waals surface area (Å²) in [5.74, 6) is 0.142. The number of benzene rings is 2. The fraction of sp³-hybridized carbons (Fsp3) is 0.531. The number of alkyl carbamates (subject to hydrolysis) is 1. The van der Waals surface area contributed by atoms with Crippen molar-refractivity contribution in [3.05, 3.63) is 70.8 Å². The first kappa shape index (κ1) is 33.2. The van der Waals surface area contributed by atoms with Gasteiger partial charge >= 0.3 is 6.09 Å². The SMILES string of the molecule is CCCCCN(C(=O)C(CCSC)NC(=O)OC(C)(C)C)C(C(=O)NCc1ccccc1)c1cc(C)ccc1C. The molecule has 2 aromatic rings. The van der Waals surface area contributed by atoms with Crippen LogP contribution in [-0.4, -0.2) is 53.0 Å². The number of nitrogens with zero attached hydrogens (tertiary/aromatic N) is 1. The van der Waals surface area contributed by atoms with Crippen LogP contribution in [0.3, 0.4) is 0 Å². The Kier molecular flexibility index (Phi) is 13.5. The van der Waals surface area contributed by atoms with Crippen LogP contribution in [0.5, 0.6) is 0 Å². The molecule has 3 amide bonds. The van der Waals surface area contributed by atoms with Gasteiger partial charge < -0.3 is 20.3 Å². The van der Waals surface area contributed by atoms with Crippen molar-refractivity contribution in [2.24, 2.45) is 0 Å². The number of amides is 3. The normalized spacial score (nSPS) is 12.8. The summed E-state index contributed by atoms with van der Waals surface area (Å²) in [4.78, 5) is 42.7. The predicted octanol–water partition coefficient (Wildman–Crippen LogP) is 6.33. The van der Waals surface area contributed by atoms with Gasteiger partial charge in [-0.2, -0.15) is 11.8 Å². The molecule has 0 saturated heterocycles. The molecule has 0 radical (unpaired) electrons. The molecule has 220 valence electrons. The molecule has 2 N–H and O–H groups in total. The standard InChI is InChI=1S/C32H47N3O4S/c1-8-9-13-19-35(30(37)27(18-20-40-7)34-31(38)39-32(4,5)6)28(26-21-23(2)16-17-24(26)3)29(36)33-22-25-14-11-10-12-15-25/h10-12,14-17,21,27-28H,8-9,13,18-20,22H2,1-7H3,(H,33,36)(H,34,38). The lowest BCUT2D eigenvalue weighted by molar-refractivity contribution is -0.142. The van der Waals surface area contributed by atoms with E-state index in [1.165, 1.54) is 0 Å². The number of thioether (sulfide) groups is 1. The largest absolute Gasteiger partial charge is 0.444 e. The van der Waals surface area contributed by atoms with E-state index in [2.05, 4.69) is 17.6 Å². The molecule has 0 aliphatic rings. The topological polar surface area (TPSA) is 87.7 Å². The lowest BCUT2D eigenvalue weighted by atomic mass is 9.95. The zero-order valence-electron chi connectivity index (χ0n) is 25.2. The van der Waals surface area contributed by atoms with Gasteiger partial charge in [0.25, 0.3) is 0 Å². The second-order valence-electron chi connectivity index (χ2n) is 11.2. The van der Waals surface area contributed by atoms with Crippen molar-refractivity contribution in [3.8, 4) is 0 Å². The molecule has 0 aliphatic carbocycles. The highest BCUT2D eigenvalue weighted by Crippen LogP contribution is 2.28. The number of carbonyl (C=O) groups is 3. The lowest BCUT2D eigenvalue weighted by Crippen LogP contribution is -2.53. The maximum atomic E-state index is 14.3. The summed E-state index contributed by atoms with van der Waals surface area (Å²) in [6.07, 6.45) is 4.39. The van der Waals surface area contributed by atoms with E-state index in [0.29, 0.717) is 25.3 Å². The van der Waals surface area contributed by atoms with Crippen LogP contribution in [0.1, 0.15) is 81.7 Å². The van der Waals surface area contributed by atoms with Crippen LogP contribution in [0.25, 0.3) is 0 Å². The van der Waals surface area contributed by atoms with Crippen molar-refractivity contribution in [2.45, 2.75) is 91.5 Å². The van der Waals surface area contributed by atoms with Crippen molar-refractivity contribution in [3.63, 3.8) is 0 Å². The minimum absolute atomic E-state index is 0.247. The number of rotatable bonds is 14. The summed E-state index contributed by atoms with van der Waals surface area (Å²) in [6, 6.07) is 14.0. The fourth-order valence-electron chi connectivity index (χ4n) is 4.43. The molecule has 40 heavy (non-hydrogen) atoms. The third-order valence-corrected chi connectivity index (χ3v) is 7.13. The molecular weight excluding hydrogens is 522 g/mol. The van der Waals surface area contributed by atoms with E-state index >= 15 is 0 Å². The number of carbonyl (C=O) groups excluding carboxylic acids is 3. The Morgan fingerprint density at radius 3 is 2.35 bits per heavy atom. The Morgan fingerprint density at radius 1 is 1.02 bits per heavy atom. The Morgan fingerprint density at radius 2 is 1.73 bits per heavy atom. The Labute approximate surface area is 244 Å². The zero-order chi connectivity index (χ0) is 29.7. The van der Waals surface area contributed by atoms with Gasteiger partial charge in [-0.25, -0.2) is 4.79 Å². The number of hydrogen-bond acceptors (Lipinski definition) is 5. The number of unbranched alkanes of at least 4 members (excludes halogenated alkanes) is 2. The summed E-state index contributed by atoms with van der Waals surface area (Å²) in [5, 5.41) is 5.89. The van der Waals surface area contributed by atoms with Crippen LogP contribution < -0.4 is 10.6 Å². The van der Waals surface area contributed by atoms with E-state index in [4.69, 9.17) is 4.74 Å². The van der Waals surface area contributed by atoms with Crippen molar-refractivity contribution in [2.75, 3.05) is 18.6 Å². The van der Waals surface area contributed by atoms with Crippen LogP contribution in [0.4, 0.5) is 4.79 Å².